The molecule has 0 unspecified atom stereocenters. The number of aliphatic imine (C=N–C) groups is 1. The molecule has 0 bridgehead atoms. The van der Waals surface area contributed by atoms with Crippen LogP contribution in [-0.4, -0.2) is 18.4 Å². The first kappa shape index (κ1) is 19.9. The van der Waals surface area contributed by atoms with Crippen molar-refractivity contribution in [3.8, 4) is 0 Å². The van der Waals surface area contributed by atoms with Crippen LogP contribution in [0.1, 0.15) is 24.0 Å². The quantitative estimate of drug-likeness (QED) is 0.318. The molecule has 0 radical (unpaired) electrons. The Kier molecular flexibility index (Phi) is 6.60. The van der Waals surface area contributed by atoms with Crippen LogP contribution in [0.4, 0.5) is 22.0 Å². The lowest BCUT2D eigenvalue weighted by atomic mass is 9.81. The second-order valence-corrected chi connectivity index (χ2v) is 5.41. The van der Waals surface area contributed by atoms with Crippen LogP contribution in [0.3, 0.4) is 0 Å². The van der Waals surface area contributed by atoms with E-state index < -0.39 is 17.7 Å². The van der Waals surface area contributed by atoms with Crippen molar-refractivity contribution in [3.05, 3.63) is 35.4 Å². The molecule has 1 saturated carbocycles. The topological polar surface area (TPSA) is 50.4 Å². The summed E-state index contributed by atoms with van der Waals surface area (Å²) < 4.78 is 62.9. The minimum Gasteiger partial charge on any atom is -0.370 e. The van der Waals surface area contributed by atoms with E-state index in [9.17, 15) is 22.0 Å². The first-order chi connectivity index (χ1) is 10.2. The van der Waals surface area contributed by atoms with Crippen LogP contribution >= 0.6 is 24.0 Å². The van der Waals surface area contributed by atoms with Gasteiger partial charge in [0.25, 0.3) is 0 Å². The molecule has 130 valence electrons. The summed E-state index contributed by atoms with van der Waals surface area (Å²) in [6.07, 6.45) is -4.76. The first-order valence-electron chi connectivity index (χ1n) is 6.73. The lowest BCUT2D eigenvalue weighted by molar-refractivity contribution is -0.137. The molecular weight excluding hydrogens is 432 g/mol. The molecule has 0 spiro atoms. The fourth-order valence-corrected chi connectivity index (χ4v) is 2.26. The number of hydrogen-bond donors (Lipinski definition) is 2. The van der Waals surface area contributed by atoms with Gasteiger partial charge in [-0.3, -0.25) is 0 Å². The molecule has 0 aliphatic heterocycles. The molecule has 0 saturated heterocycles. The van der Waals surface area contributed by atoms with E-state index in [1.165, 1.54) is 12.1 Å². The highest BCUT2D eigenvalue weighted by molar-refractivity contribution is 14.0. The van der Waals surface area contributed by atoms with Crippen molar-refractivity contribution < 1.29 is 22.0 Å². The van der Waals surface area contributed by atoms with Gasteiger partial charge >= 0.3 is 6.18 Å². The lowest BCUT2D eigenvalue weighted by Gasteiger charge is -2.34. The molecule has 3 N–H and O–H groups in total. The maximum atomic E-state index is 12.6. The molecule has 1 aromatic rings. The minimum absolute atomic E-state index is 0. The summed E-state index contributed by atoms with van der Waals surface area (Å²) in [5.74, 6) is -2.71. The summed E-state index contributed by atoms with van der Waals surface area (Å²) in [7, 11) is 0. The Morgan fingerprint density at radius 3 is 2.52 bits per heavy atom. The highest BCUT2D eigenvalue weighted by Crippen LogP contribution is 2.41. The molecule has 0 heterocycles. The summed E-state index contributed by atoms with van der Waals surface area (Å²) in [5, 5.41) is 2.71. The zero-order chi connectivity index (χ0) is 16.4. The van der Waals surface area contributed by atoms with Crippen LogP contribution in [0.2, 0.25) is 0 Å². The van der Waals surface area contributed by atoms with Crippen LogP contribution in [0.25, 0.3) is 0 Å². The van der Waals surface area contributed by atoms with Gasteiger partial charge in [-0.05, 0) is 23.6 Å². The molecule has 0 aromatic heterocycles. The van der Waals surface area contributed by atoms with E-state index in [1.54, 1.807) is 0 Å². The van der Waals surface area contributed by atoms with Crippen LogP contribution in [-0.2, 0) is 12.7 Å². The van der Waals surface area contributed by atoms with E-state index in [4.69, 9.17) is 5.73 Å². The third kappa shape index (κ3) is 6.11. The number of nitrogens with one attached hydrogen (secondary N) is 1. The summed E-state index contributed by atoms with van der Waals surface area (Å²) in [6.45, 7) is 0.275. The van der Waals surface area contributed by atoms with Crippen molar-refractivity contribution in [2.45, 2.75) is 31.5 Å². The minimum atomic E-state index is -4.40. The van der Waals surface area contributed by atoms with E-state index in [0.717, 1.165) is 12.1 Å². The number of benzene rings is 1. The van der Waals surface area contributed by atoms with Crippen molar-refractivity contribution in [2.75, 3.05) is 6.54 Å². The molecule has 0 amide bonds. The standard InChI is InChI=1S/C14H16F5N3.HI/c15-13(16)5-10(6-13)8-22-12(20)21-7-9-2-1-3-11(4-9)14(17,18)19;/h1-4,10H,5-8H2,(H3,20,21,22);1H. The zero-order valence-corrected chi connectivity index (χ0v) is 14.4. The Morgan fingerprint density at radius 1 is 1.30 bits per heavy atom. The van der Waals surface area contributed by atoms with Gasteiger partial charge < -0.3 is 11.1 Å². The third-order valence-electron chi connectivity index (χ3n) is 3.43. The van der Waals surface area contributed by atoms with Gasteiger partial charge in [0.05, 0.1) is 12.1 Å². The SMILES string of the molecule is I.NC(=NCc1cccc(C(F)(F)F)c1)NCC1CC(F)(F)C1. The molecule has 0 atom stereocenters. The average Bonchev–Trinajstić information content (AvgIpc) is 2.40. The highest BCUT2D eigenvalue weighted by atomic mass is 127. The molecule has 1 aromatic carbocycles. The van der Waals surface area contributed by atoms with E-state index >= 15 is 0 Å². The van der Waals surface area contributed by atoms with Gasteiger partial charge in [-0.2, -0.15) is 13.2 Å². The maximum Gasteiger partial charge on any atom is 0.416 e. The number of nitrogens with two attached hydrogens (primary N) is 1. The molecule has 1 fully saturated rings. The maximum absolute atomic E-state index is 12.6. The fraction of sp³-hybridized carbons (Fsp3) is 0.500. The molecule has 3 nitrogen and oxygen atoms in total. The Labute approximate surface area is 147 Å². The second kappa shape index (κ2) is 7.63. The van der Waals surface area contributed by atoms with Crippen molar-refractivity contribution in [1.29, 1.82) is 0 Å². The molecule has 1 aliphatic carbocycles. The highest BCUT2D eigenvalue weighted by Gasteiger charge is 2.44. The number of guanidine groups is 1. The largest absolute Gasteiger partial charge is 0.416 e. The van der Waals surface area contributed by atoms with Crippen molar-refractivity contribution in [3.63, 3.8) is 0 Å². The van der Waals surface area contributed by atoms with Crippen molar-refractivity contribution >= 4 is 29.9 Å². The van der Waals surface area contributed by atoms with Crippen molar-refractivity contribution in [1.82, 2.24) is 5.32 Å². The van der Waals surface area contributed by atoms with E-state index in [1.807, 2.05) is 0 Å². The zero-order valence-electron chi connectivity index (χ0n) is 12.0. The fourth-order valence-electron chi connectivity index (χ4n) is 2.26. The number of hydrogen-bond acceptors (Lipinski definition) is 1. The first-order valence-corrected chi connectivity index (χ1v) is 6.73. The van der Waals surface area contributed by atoms with Gasteiger partial charge in [0.1, 0.15) is 0 Å². The van der Waals surface area contributed by atoms with Crippen LogP contribution < -0.4 is 11.1 Å². The average molecular weight is 449 g/mol. The van der Waals surface area contributed by atoms with Gasteiger partial charge in [-0.25, -0.2) is 13.8 Å². The van der Waals surface area contributed by atoms with Crippen LogP contribution in [0.5, 0.6) is 0 Å². The van der Waals surface area contributed by atoms with Gasteiger partial charge in [0.2, 0.25) is 5.92 Å². The third-order valence-corrected chi connectivity index (χ3v) is 3.43. The van der Waals surface area contributed by atoms with Gasteiger partial charge in [0.15, 0.2) is 5.96 Å². The number of alkyl halides is 5. The van der Waals surface area contributed by atoms with Gasteiger partial charge in [-0.15, -0.1) is 24.0 Å². The summed E-state index contributed by atoms with van der Waals surface area (Å²) in [5.41, 5.74) is 5.19. The lowest BCUT2D eigenvalue weighted by Crippen LogP contribution is -2.44. The molecular formula is C14H17F5IN3. The monoisotopic (exact) mass is 449 g/mol. The predicted molar refractivity (Wildman–Crippen MR) is 87.9 cm³/mol. The number of rotatable bonds is 4. The van der Waals surface area contributed by atoms with Gasteiger partial charge in [-0.1, -0.05) is 12.1 Å². The smallest absolute Gasteiger partial charge is 0.370 e. The van der Waals surface area contributed by atoms with Crippen LogP contribution in [0, 0.1) is 5.92 Å². The second-order valence-electron chi connectivity index (χ2n) is 5.41. The Hall–Kier alpha value is -1.13. The van der Waals surface area contributed by atoms with Gasteiger partial charge in [0, 0.05) is 19.4 Å². The Balaban J connectivity index is 0.00000264. The van der Waals surface area contributed by atoms with Crippen LogP contribution in [0.15, 0.2) is 29.3 Å². The predicted octanol–water partition coefficient (Wildman–Crippen LogP) is 3.77. The van der Waals surface area contributed by atoms with Crippen molar-refractivity contribution in [2.24, 2.45) is 16.6 Å². The van der Waals surface area contributed by atoms with E-state index in [2.05, 4.69) is 10.3 Å². The summed E-state index contributed by atoms with van der Waals surface area (Å²) in [4.78, 5) is 3.91. The molecule has 1 aliphatic rings. The number of halogens is 6. The van der Waals surface area contributed by atoms with E-state index in [-0.39, 0.29) is 61.8 Å². The molecule has 9 heteroatoms. The number of nitrogens with zero attached hydrogens (tertiary/aromatic N) is 1. The Morgan fingerprint density at radius 2 is 1.96 bits per heavy atom. The summed E-state index contributed by atoms with van der Waals surface area (Å²) >= 11 is 0. The Bertz CT molecular complexity index is 552. The normalized spacial score (nSPS) is 18.0. The molecule has 2 rings (SSSR count). The molecule has 23 heavy (non-hydrogen) atoms. The van der Waals surface area contributed by atoms with E-state index in [0.29, 0.717) is 5.56 Å². The summed E-state index contributed by atoms with van der Waals surface area (Å²) in [6, 6.07) is 4.79.